The van der Waals surface area contributed by atoms with Gasteiger partial charge in [-0.1, -0.05) is 5.92 Å². The van der Waals surface area contributed by atoms with Gasteiger partial charge in [0.25, 0.3) is 0 Å². The van der Waals surface area contributed by atoms with Crippen LogP contribution in [0.15, 0.2) is 18.5 Å². The molecule has 4 nitrogen and oxygen atoms in total. The van der Waals surface area contributed by atoms with Crippen molar-refractivity contribution in [2.24, 2.45) is 0 Å². The van der Waals surface area contributed by atoms with Gasteiger partial charge in [0.2, 0.25) is 0 Å². The number of terminal acetylenes is 1. The molecular weight excluding hydrogens is 257 g/mol. The summed E-state index contributed by atoms with van der Waals surface area (Å²) >= 11 is 0. The first-order valence-corrected chi connectivity index (χ1v) is 5.40. The summed E-state index contributed by atoms with van der Waals surface area (Å²) in [7, 11) is 0. The summed E-state index contributed by atoms with van der Waals surface area (Å²) in [6.07, 6.45) is 3.54. The molecule has 0 atom stereocenters. The van der Waals surface area contributed by atoms with Crippen molar-refractivity contribution in [1.29, 1.82) is 0 Å². The number of halogens is 3. The molecule has 2 heterocycles. The fourth-order valence-corrected chi connectivity index (χ4v) is 1.49. The minimum atomic E-state index is -4.50. The highest BCUT2D eigenvalue weighted by Gasteiger charge is 2.34. The van der Waals surface area contributed by atoms with Crippen LogP contribution < -0.4 is 5.32 Å². The van der Waals surface area contributed by atoms with E-state index in [4.69, 9.17) is 6.42 Å². The van der Waals surface area contributed by atoms with E-state index in [0.29, 0.717) is 0 Å². The molecular formula is C12H11F3N4. The number of hydrogen-bond acceptors (Lipinski definition) is 3. The maximum atomic E-state index is 12.6. The lowest BCUT2D eigenvalue weighted by Gasteiger charge is -2.20. The van der Waals surface area contributed by atoms with Crippen molar-refractivity contribution < 1.29 is 13.2 Å². The smallest absolute Gasteiger partial charge is 0.353 e. The Hall–Kier alpha value is -2.23. The van der Waals surface area contributed by atoms with Gasteiger partial charge in [-0.2, -0.15) is 18.3 Å². The van der Waals surface area contributed by atoms with Crippen molar-refractivity contribution in [3.05, 3.63) is 24.2 Å². The molecule has 1 N–H and O–H groups in total. The molecule has 2 aromatic rings. The average molecular weight is 268 g/mol. The summed E-state index contributed by atoms with van der Waals surface area (Å²) in [6.45, 7) is 3.44. The number of rotatable bonds is 2. The largest absolute Gasteiger partial charge is 0.435 e. The van der Waals surface area contributed by atoms with Crippen LogP contribution in [-0.2, 0) is 6.18 Å². The fourth-order valence-electron chi connectivity index (χ4n) is 1.49. The summed E-state index contributed by atoms with van der Waals surface area (Å²) in [5, 5.41) is 6.36. The lowest BCUT2D eigenvalue weighted by Crippen LogP contribution is -2.29. The van der Waals surface area contributed by atoms with E-state index in [0.717, 1.165) is 10.6 Å². The second-order valence-electron chi connectivity index (χ2n) is 4.53. The van der Waals surface area contributed by atoms with E-state index in [-0.39, 0.29) is 11.3 Å². The highest BCUT2D eigenvalue weighted by atomic mass is 19.4. The Morgan fingerprint density at radius 1 is 1.37 bits per heavy atom. The van der Waals surface area contributed by atoms with Crippen molar-refractivity contribution in [2.75, 3.05) is 5.32 Å². The molecule has 0 bridgehead atoms. The van der Waals surface area contributed by atoms with Gasteiger partial charge in [-0.25, -0.2) is 9.50 Å². The second-order valence-corrected chi connectivity index (χ2v) is 4.53. The van der Waals surface area contributed by atoms with Crippen molar-refractivity contribution >= 4 is 11.3 Å². The normalized spacial score (nSPS) is 12.4. The van der Waals surface area contributed by atoms with Gasteiger partial charge in [-0.15, -0.1) is 6.42 Å². The van der Waals surface area contributed by atoms with Crippen LogP contribution in [0.2, 0.25) is 0 Å². The number of nitrogens with zero attached hydrogens (tertiary/aromatic N) is 3. The van der Waals surface area contributed by atoms with Crippen molar-refractivity contribution in [2.45, 2.75) is 25.6 Å². The van der Waals surface area contributed by atoms with Crippen LogP contribution in [-0.4, -0.2) is 20.1 Å². The number of hydrogen-bond donors (Lipinski definition) is 1. The first-order valence-electron chi connectivity index (χ1n) is 5.40. The van der Waals surface area contributed by atoms with Crippen LogP contribution in [0.3, 0.4) is 0 Å². The number of nitrogens with one attached hydrogen (secondary N) is 1. The van der Waals surface area contributed by atoms with Crippen LogP contribution in [0.1, 0.15) is 19.5 Å². The molecule has 0 radical (unpaired) electrons. The van der Waals surface area contributed by atoms with E-state index in [9.17, 15) is 13.2 Å². The molecule has 19 heavy (non-hydrogen) atoms. The van der Waals surface area contributed by atoms with E-state index in [2.05, 4.69) is 21.3 Å². The zero-order valence-electron chi connectivity index (χ0n) is 10.3. The SMILES string of the molecule is C#CC(C)(C)Nc1nccn2nc(C(F)(F)F)cc12. The lowest BCUT2D eigenvalue weighted by atomic mass is 10.1. The summed E-state index contributed by atoms with van der Waals surface area (Å²) < 4.78 is 39.0. The predicted octanol–water partition coefficient (Wildman–Crippen LogP) is 2.57. The summed E-state index contributed by atoms with van der Waals surface area (Å²) in [5.74, 6) is 2.75. The third-order valence-corrected chi connectivity index (χ3v) is 2.47. The number of anilines is 1. The fraction of sp³-hybridized carbons (Fsp3) is 0.333. The number of alkyl halides is 3. The van der Waals surface area contributed by atoms with Gasteiger partial charge >= 0.3 is 6.18 Å². The van der Waals surface area contributed by atoms with Gasteiger partial charge in [0, 0.05) is 18.5 Å². The van der Waals surface area contributed by atoms with E-state index < -0.39 is 17.4 Å². The Morgan fingerprint density at radius 3 is 2.63 bits per heavy atom. The predicted molar refractivity (Wildman–Crippen MR) is 64.5 cm³/mol. The van der Waals surface area contributed by atoms with E-state index >= 15 is 0 Å². The van der Waals surface area contributed by atoms with E-state index in [1.807, 2.05) is 0 Å². The maximum Gasteiger partial charge on any atom is 0.435 e. The van der Waals surface area contributed by atoms with Crippen molar-refractivity contribution in [3.63, 3.8) is 0 Å². The molecule has 0 aromatic carbocycles. The molecule has 7 heteroatoms. The monoisotopic (exact) mass is 268 g/mol. The second kappa shape index (κ2) is 4.16. The molecule has 0 saturated carbocycles. The van der Waals surface area contributed by atoms with Crippen LogP contribution in [0.25, 0.3) is 5.52 Å². The van der Waals surface area contributed by atoms with Crippen LogP contribution in [0, 0.1) is 12.3 Å². The molecule has 100 valence electrons. The van der Waals surface area contributed by atoms with Crippen LogP contribution in [0.5, 0.6) is 0 Å². The van der Waals surface area contributed by atoms with Crippen LogP contribution in [0.4, 0.5) is 19.0 Å². The molecule has 0 aliphatic carbocycles. The minimum absolute atomic E-state index is 0.221. The molecule has 2 aromatic heterocycles. The summed E-state index contributed by atoms with van der Waals surface area (Å²) in [6, 6.07) is 0.932. The minimum Gasteiger partial charge on any atom is -0.353 e. The first-order chi connectivity index (χ1) is 8.73. The topological polar surface area (TPSA) is 42.2 Å². The van der Waals surface area contributed by atoms with Gasteiger partial charge in [0.05, 0.1) is 5.54 Å². The van der Waals surface area contributed by atoms with Gasteiger partial charge in [0.15, 0.2) is 11.5 Å². The first kappa shape index (κ1) is 13.2. The zero-order chi connectivity index (χ0) is 14.3. The Morgan fingerprint density at radius 2 is 2.05 bits per heavy atom. The quantitative estimate of drug-likeness (QED) is 0.851. The molecule has 0 spiro atoms. The standard InChI is InChI=1S/C12H11F3N4/c1-4-11(2,3)17-10-8-7-9(12(13,14)15)18-19(8)6-5-16-10/h1,5-7H,2-3H3,(H,16,17). The highest BCUT2D eigenvalue weighted by molar-refractivity contribution is 5.69. The lowest BCUT2D eigenvalue weighted by molar-refractivity contribution is -0.141. The van der Waals surface area contributed by atoms with Gasteiger partial charge in [0.1, 0.15) is 5.52 Å². The van der Waals surface area contributed by atoms with Crippen LogP contribution >= 0.6 is 0 Å². The Kier molecular flexibility index (Phi) is 2.89. The van der Waals surface area contributed by atoms with Gasteiger partial charge < -0.3 is 5.32 Å². The highest BCUT2D eigenvalue weighted by Crippen LogP contribution is 2.30. The number of aromatic nitrogens is 3. The Bertz CT molecular complexity index is 649. The molecule has 0 fully saturated rings. The van der Waals surface area contributed by atoms with Gasteiger partial charge in [-0.05, 0) is 13.8 Å². The molecule has 0 saturated heterocycles. The molecule has 2 rings (SSSR count). The number of fused-ring (bicyclic) bond motifs is 1. The summed E-state index contributed by atoms with van der Waals surface area (Å²) in [5.41, 5.74) is -1.47. The van der Waals surface area contributed by atoms with Gasteiger partial charge in [-0.3, -0.25) is 0 Å². The molecule has 0 aliphatic heterocycles. The van der Waals surface area contributed by atoms with Crippen molar-refractivity contribution in [1.82, 2.24) is 14.6 Å². The third-order valence-electron chi connectivity index (χ3n) is 2.47. The Labute approximate surface area is 107 Å². The molecule has 0 unspecified atom stereocenters. The Balaban J connectivity index is 2.52. The van der Waals surface area contributed by atoms with E-state index in [1.54, 1.807) is 13.8 Å². The maximum absolute atomic E-state index is 12.6. The average Bonchev–Trinajstić information content (AvgIpc) is 2.73. The molecule has 0 amide bonds. The van der Waals surface area contributed by atoms with Crippen molar-refractivity contribution in [3.8, 4) is 12.3 Å². The zero-order valence-corrected chi connectivity index (χ0v) is 10.3. The summed E-state index contributed by atoms with van der Waals surface area (Å²) in [4.78, 5) is 4.00. The van der Waals surface area contributed by atoms with E-state index in [1.165, 1.54) is 12.4 Å². The third kappa shape index (κ3) is 2.62. The molecule has 0 aliphatic rings.